The van der Waals surface area contributed by atoms with Crippen molar-refractivity contribution in [1.29, 1.82) is 0 Å². The number of ketones is 1. The Morgan fingerprint density at radius 3 is 1.86 bits per heavy atom. The second-order valence-electron chi connectivity index (χ2n) is 6.78. The molecule has 0 aliphatic carbocycles. The van der Waals surface area contributed by atoms with Crippen molar-refractivity contribution in [3.8, 4) is 0 Å². The normalized spacial score (nSPS) is 11.4. The Labute approximate surface area is 169 Å². The van der Waals surface area contributed by atoms with Crippen LogP contribution in [0.25, 0.3) is 0 Å². The summed E-state index contributed by atoms with van der Waals surface area (Å²) >= 11 is 0. The molecule has 1 atom stereocenters. The summed E-state index contributed by atoms with van der Waals surface area (Å²) in [5, 5.41) is 2.70. The van der Waals surface area contributed by atoms with Crippen LogP contribution in [0.1, 0.15) is 27.0 Å². The van der Waals surface area contributed by atoms with Gasteiger partial charge in [-0.3, -0.25) is 14.4 Å². The third-order valence-electron chi connectivity index (χ3n) is 4.58. The molecule has 5 nitrogen and oxygen atoms in total. The van der Waals surface area contributed by atoms with Crippen LogP contribution in [-0.4, -0.2) is 23.6 Å². The molecular weight excluding hydrogens is 364 g/mol. The van der Waals surface area contributed by atoms with Gasteiger partial charge in [-0.05, 0) is 11.1 Å². The zero-order valence-electron chi connectivity index (χ0n) is 15.9. The van der Waals surface area contributed by atoms with E-state index in [1.54, 1.807) is 36.4 Å². The molecule has 146 valence electrons. The average molecular weight is 386 g/mol. The molecule has 3 rings (SSSR count). The summed E-state index contributed by atoms with van der Waals surface area (Å²) in [6.07, 6.45) is 0.435. The Hall–Kier alpha value is -3.73. The second-order valence-corrected chi connectivity index (χ2v) is 6.78. The molecule has 3 N–H and O–H groups in total. The Balaban J connectivity index is 1.64. The van der Waals surface area contributed by atoms with E-state index in [1.807, 2.05) is 48.5 Å². The fourth-order valence-corrected chi connectivity index (χ4v) is 3.03. The molecule has 0 bridgehead atoms. The van der Waals surface area contributed by atoms with Gasteiger partial charge in [0.15, 0.2) is 5.78 Å². The van der Waals surface area contributed by atoms with Gasteiger partial charge < -0.3 is 11.1 Å². The highest BCUT2D eigenvalue weighted by molar-refractivity contribution is 6.08. The van der Waals surface area contributed by atoms with E-state index in [2.05, 4.69) is 5.32 Å². The van der Waals surface area contributed by atoms with E-state index in [1.165, 1.54) is 0 Å². The number of primary amides is 1. The van der Waals surface area contributed by atoms with Gasteiger partial charge in [0.2, 0.25) is 11.8 Å². The molecule has 29 heavy (non-hydrogen) atoms. The number of rotatable bonds is 8. The van der Waals surface area contributed by atoms with E-state index >= 15 is 0 Å². The lowest BCUT2D eigenvalue weighted by Gasteiger charge is -2.16. The molecule has 0 radical (unpaired) electrons. The van der Waals surface area contributed by atoms with Gasteiger partial charge in [0.05, 0.1) is 6.42 Å². The molecule has 0 fully saturated rings. The van der Waals surface area contributed by atoms with Crippen LogP contribution in [0.4, 0.5) is 0 Å². The lowest BCUT2D eigenvalue weighted by atomic mass is 9.99. The maximum absolute atomic E-state index is 12.5. The molecule has 0 aliphatic rings. The van der Waals surface area contributed by atoms with Crippen molar-refractivity contribution < 1.29 is 14.4 Å². The first kappa shape index (κ1) is 20.0. The van der Waals surface area contributed by atoms with E-state index in [0.717, 1.165) is 11.1 Å². The summed E-state index contributed by atoms with van der Waals surface area (Å²) in [6.45, 7) is 0. The third kappa shape index (κ3) is 5.62. The predicted octanol–water partition coefficient (Wildman–Crippen LogP) is 2.67. The second kappa shape index (κ2) is 9.46. The fraction of sp³-hybridized carbons (Fsp3) is 0.125. The Bertz CT molecular complexity index is 984. The largest absolute Gasteiger partial charge is 0.368 e. The quantitative estimate of drug-likeness (QED) is 0.583. The van der Waals surface area contributed by atoms with Gasteiger partial charge in [-0.1, -0.05) is 84.9 Å². The summed E-state index contributed by atoms with van der Waals surface area (Å²) in [5.74, 6) is -0.938. The molecule has 2 amide bonds. The molecule has 0 aromatic heterocycles. The Morgan fingerprint density at radius 1 is 0.724 bits per heavy atom. The molecule has 0 heterocycles. The molecule has 3 aromatic carbocycles. The lowest BCUT2D eigenvalue weighted by Crippen LogP contribution is -2.46. The SMILES string of the molecule is NC(=O)[C@H](Cc1ccc(C(=O)c2ccccc2)cc1)NC(=O)Cc1ccccc1. The molecule has 5 heteroatoms. The Kier molecular flexibility index (Phi) is 6.53. The number of benzene rings is 3. The first-order valence-electron chi connectivity index (χ1n) is 9.34. The van der Waals surface area contributed by atoms with Crippen LogP contribution in [0, 0.1) is 0 Å². The number of nitrogens with two attached hydrogens (primary N) is 1. The van der Waals surface area contributed by atoms with Crippen LogP contribution >= 0.6 is 0 Å². The van der Waals surface area contributed by atoms with E-state index in [-0.39, 0.29) is 24.5 Å². The minimum absolute atomic E-state index is 0.0697. The molecular formula is C24H22N2O3. The van der Waals surface area contributed by atoms with Gasteiger partial charge in [-0.2, -0.15) is 0 Å². The highest BCUT2D eigenvalue weighted by atomic mass is 16.2. The predicted molar refractivity (Wildman–Crippen MR) is 111 cm³/mol. The standard InChI is InChI=1S/C24H22N2O3/c25-24(29)21(26-22(27)16-17-7-3-1-4-8-17)15-18-11-13-20(14-12-18)23(28)19-9-5-2-6-10-19/h1-14,21H,15-16H2,(H2,25,29)(H,26,27)/t21-/m0/s1. The molecule has 0 spiro atoms. The van der Waals surface area contributed by atoms with Gasteiger partial charge in [-0.25, -0.2) is 0 Å². The van der Waals surface area contributed by atoms with E-state index in [4.69, 9.17) is 5.73 Å². The summed E-state index contributed by atoms with van der Waals surface area (Å²) in [7, 11) is 0. The molecule has 0 saturated heterocycles. The van der Waals surface area contributed by atoms with Crippen molar-refractivity contribution in [2.24, 2.45) is 5.73 Å². The molecule has 0 aliphatic heterocycles. The van der Waals surface area contributed by atoms with Crippen LogP contribution in [0.3, 0.4) is 0 Å². The van der Waals surface area contributed by atoms with Crippen molar-refractivity contribution in [2.45, 2.75) is 18.9 Å². The molecule has 0 unspecified atom stereocenters. The van der Waals surface area contributed by atoms with Gasteiger partial charge in [-0.15, -0.1) is 0 Å². The van der Waals surface area contributed by atoms with Crippen molar-refractivity contribution in [1.82, 2.24) is 5.32 Å². The van der Waals surface area contributed by atoms with Crippen LogP contribution in [0.2, 0.25) is 0 Å². The maximum Gasteiger partial charge on any atom is 0.240 e. The highest BCUT2D eigenvalue weighted by Crippen LogP contribution is 2.12. The minimum atomic E-state index is -0.818. The molecule has 0 saturated carbocycles. The third-order valence-corrected chi connectivity index (χ3v) is 4.58. The number of hydrogen-bond acceptors (Lipinski definition) is 3. The summed E-state index contributed by atoms with van der Waals surface area (Å²) < 4.78 is 0. The highest BCUT2D eigenvalue weighted by Gasteiger charge is 2.19. The zero-order valence-corrected chi connectivity index (χ0v) is 15.9. The lowest BCUT2D eigenvalue weighted by molar-refractivity contribution is -0.127. The van der Waals surface area contributed by atoms with Gasteiger partial charge in [0.1, 0.15) is 6.04 Å². The van der Waals surface area contributed by atoms with E-state index in [9.17, 15) is 14.4 Å². The van der Waals surface area contributed by atoms with Crippen LogP contribution < -0.4 is 11.1 Å². The van der Waals surface area contributed by atoms with Crippen molar-refractivity contribution in [3.63, 3.8) is 0 Å². The summed E-state index contributed by atoms with van der Waals surface area (Å²) in [5.41, 5.74) is 8.31. The number of carbonyl (C=O) groups is 3. The number of carbonyl (C=O) groups excluding carboxylic acids is 3. The number of nitrogens with one attached hydrogen (secondary N) is 1. The summed E-state index contributed by atoms with van der Waals surface area (Å²) in [4.78, 5) is 36.5. The average Bonchev–Trinajstić information content (AvgIpc) is 2.74. The topological polar surface area (TPSA) is 89.3 Å². The summed E-state index contributed by atoms with van der Waals surface area (Å²) in [6, 6.07) is 24.5. The van der Waals surface area contributed by atoms with E-state index in [0.29, 0.717) is 11.1 Å². The first-order chi connectivity index (χ1) is 14.0. The van der Waals surface area contributed by atoms with Crippen LogP contribution in [0.5, 0.6) is 0 Å². The van der Waals surface area contributed by atoms with Crippen molar-refractivity contribution in [3.05, 3.63) is 107 Å². The van der Waals surface area contributed by atoms with Crippen molar-refractivity contribution >= 4 is 17.6 Å². The van der Waals surface area contributed by atoms with Gasteiger partial charge in [0, 0.05) is 17.5 Å². The number of amides is 2. The Morgan fingerprint density at radius 2 is 1.28 bits per heavy atom. The fourth-order valence-electron chi connectivity index (χ4n) is 3.03. The van der Waals surface area contributed by atoms with E-state index < -0.39 is 11.9 Å². The van der Waals surface area contributed by atoms with Crippen molar-refractivity contribution in [2.75, 3.05) is 0 Å². The first-order valence-corrected chi connectivity index (χ1v) is 9.34. The maximum atomic E-state index is 12.5. The van der Waals surface area contributed by atoms with Crippen LogP contribution in [-0.2, 0) is 22.4 Å². The van der Waals surface area contributed by atoms with Crippen LogP contribution in [0.15, 0.2) is 84.9 Å². The monoisotopic (exact) mass is 386 g/mol. The zero-order chi connectivity index (χ0) is 20.6. The van der Waals surface area contributed by atoms with Gasteiger partial charge in [0.25, 0.3) is 0 Å². The number of hydrogen-bond donors (Lipinski definition) is 2. The minimum Gasteiger partial charge on any atom is -0.368 e. The van der Waals surface area contributed by atoms with Gasteiger partial charge >= 0.3 is 0 Å². The molecule has 3 aromatic rings. The smallest absolute Gasteiger partial charge is 0.240 e.